The molecular weight excluding hydrogens is 461 g/mol. The summed E-state index contributed by atoms with van der Waals surface area (Å²) in [4.78, 5) is 8.76. The number of pyridine rings is 2. The molecule has 0 saturated carbocycles. The van der Waals surface area contributed by atoms with Gasteiger partial charge in [-0.05, 0) is 63.0 Å². The third-order valence-electron chi connectivity index (χ3n) is 2.40. The van der Waals surface area contributed by atoms with Crippen LogP contribution in [-0.4, -0.2) is 16.6 Å². The Labute approximate surface area is 142 Å². The summed E-state index contributed by atoms with van der Waals surface area (Å²) >= 11 is 7.01. The average Bonchev–Trinajstić information content (AvgIpc) is 2.38. The van der Waals surface area contributed by atoms with Crippen molar-refractivity contribution >= 4 is 31.9 Å². The molecule has 0 aliphatic rings. The number of hydrogen-bond acceptors (Lipinski definition) is 3. The molecule has 0 fully saturated rings. The number of hydrogen-bond donors (Lipinski definition) is 0. The van der Waals surface area contributed by atoms with Gasteiger partial charge < -0.3 is 4.74 Å². The zero-order chi connectivity index (χ0) is 13.0. The van der Waals surface area contributed by atoms with E-state index in [2.05, 4.69) is 41.8 Å². The molecule has 6 heteroatoms. The van der Waals surface area contributed by atoms with E-state index in [9.17, 15) is 0 Å². The van der Waals surface area contributed by atoms with Crippen LogP contribution in [0.25, 0.3) is 0 Å². The Morgan fingerprint density at radius 3 is 1.89 bits per heavy atom. The Balaban J connectivity index is 0.00000180. The molecule has 19 heavy (non-hydrogen) atoms. The van der Waals surface area contributed by atoms with Crippen LogP contribution in [0.5, 0.6) is 0 Å². The molecule has 0 spiro atoms. The minimum absolute atomic E-state index is 0. The summed E-state index contributed by atoms with van der Waals surface area (Å²) in [5.74, 6) is 0. The first kappa shape index (κ1) is 16.9. The van der Waals surface area contributed by atoms with E-state index in [1.54, 1.807) is 12.4 Å². The first-order valence-electron chi connectivity index (χ1n) is 5.56. The van der Waals surface area contributed by atoms with Crippen molar-refractivity contribution in [1.82, 2.24) is 9.97 Å². The zero-order valence-corrected chi connectivity index (χ0v) is 15.1. The van der Waals surface area contributed by atoms with E-state index in [1.807, 2.05) is 31.2 Å². The van der Waals surface area contributed by atoms with Gasteiger partial charge in [-0.15, -0.1) is 0 Å². The normalized spacial score (nSPS) is 10.3. The predicted octanol–water partition coefficient (Wildman–Crippen LogP) is 4.13. The van der Waals surface area contributed by atoms with Crippen LogP contribution in [0.2, 0.25) is 0 Å². The third-order valence-corrected chi connectivity index (χ3v) is 3.75. The Morgan fingerprint density at radius 2 is 1.53 bits per heavy atom. The van der Waals surface area contributed by atoms with E-state index in [1.165, 1.54) is 0 Å². The molecule has 2 heterocycles. The maximum atomic E-state index is 5.79. The first-order valence-corrected chi connectivity index (χ1v) is 7.15. The van der Waals surface area contributed by atoms with Crippen molar-refractivity contribution in [3.63, 3.8) is 0 Å². The van der Waals surface area contributed by atoms with E-state index in [0.717, 1.165) is 20.3 Å². The maximum Gasteiger partial charge on any atom is 2.00 e. The molecule has 0 saturated heterocycles. The van der Waals surface area contributed by atoms with Gasteiger partial charge in [0.25, 0.3) is 0 Å². The fourth-order valence-electron chi connectivity index (χ4n) is 1.64. The van der Waals surface area contributed by atoms with Gasteiger partial charge in [-0.2, -0.15) is 0 Å². The molecular formula is C13H12Br2N2ORu+2. The van der Waals surface area contributed by atoms with Crippen LogP contribution in [0.15, 0.2) is 45.6 Å². The Bertz CT molecular complexity index is 494. The zero-order valence-electron chi connectivity index (χ0n) is 10.2. The van der Waals surface area contributed by atoms with E-state index in [-0.39, 0.29) is 25.6 Å². The fourth-order valence-corrected chi connectivity index (χ4v) is 2.56. The number of aromatic nitrogens is 2. The van der Waals surface area contributed by atoms with Crippen LogP contribution in [0.1, 0.15) is 24.4 Å². The van der Waals surface area contributed by atoms with Crippen LogP contribution < -0.4 is 0 Å². The predicted molar refractivity (Wildman–Crippen MR) is 77.3 cm³/mol. The quantitative estimate of drug-likeness (QED) is 0.627. The molecule has 2 rings (SSSR count). The molecule has 0 atom stereocenters. The Hall–Kier alpha value is -0.157. The summed E-state index contributed by atoms with van der Waals surface area (Å²) in [5, 5.41) is 0. The summed E-state index contributed by atoms with van der Waals surface area (Å²) in [6, 6.07) is 7.66. The van der Waals surface area contributed by atoms with Crippen molar-refractivity contribution in [2.75, 3.05) is 6.61 Å². The molecule has 0 N–H and O–H groups in total. The molecule has 0 aromatic carbocycles. The largest absolute Gasteiger partial charge is 2.00 e. The van der Waals surface area contributed by atoms with Crippen LogP contribution in [0, 0.1) is 0 Å². The van der Waals surface area contributed by atoms with Gasteiger partial charge in [0.05, 0.1) is 11.4 Å². The number of halogens is 2. The van der Waals surface area contributed by atoms with Crippen molar-refractivity contribution in [3.05, 3.63) is 57.0 Å². The molecule has 100 valence electrons. The average molecular weight is 473 g/mol. The molecule has 0 radical (unpaired) electrons. The van der Waals surface area contributed by atoms with E-state index >= 15 is 0 Å². The molecule has 0 amide bonds. The van der Waals surface area contributed by atoms with Gasteiger partial charge in [-0.1, -0.05) is 0 Å². The van der Waals surface area contributed by atoms with Gasteiger partial charge >= 0.3 is 19.5 Å². The third kappa shape index (κ3) is 4.15. The van der Waals surface area contributed by atoms with Crippen LogP contribution in [-0.2, 0) is 24.2 Å². The van der Waals surface area contributed by atoms with Crippen molar-refractivity contribution in [2.24, 2.45) is 0 Å². The number of ether oxygens (including phenoxy) is 1. The van der Waals surface area contributed by atoms with Crippen LogP contribution >= 0.6 is 31.9 Å². The van der Waals surface area contributed by atoms with Crippen molar-refractivity contribution in [3.8, 4) is 0 Å². The van der Waals surface area contributed by atoms with E-state index < -0.39 is 0 Å². The van der Waals surface area contributed by atoms with E-state index in [0.29, 0.717) is 6.61 Å². The van der Waals surface area contributed by atoms with Crippen LogP contribution in [0.3, 0.4) is 0 Å². The number of nitrogens with zero attached hydrogens (tertiary/aromatic N) is 2. The Morgan fingerprint density at radius 1 is 1.05 bits per heavy atom. The first-order chi connectivity index (χ1) is 8.74. The number of rotatable bonds is 4. The van der Waals surface area contributed by atoms with Gasteiger partial charge in [0, 0.05) is 27.9 Å². The molecule has 0 aliphatic carbocycles. The van der Waals surface area contributed by atoms with Crippen molar-refractivity contribution in [2.45, 2.75) is 13.0 Å². The molecule has 0 aliphatic heterocycles. The molecule has 2 aromatic heterocycles. The molecule has 0 unspecified atom stereocenters. The summed E-state index contributed by atoms with van der Waals surface area (Å²) < 4.78 is 7.63. The summed E-state index contributed by atoms with van der Waals surface area (Å²) in [5.41, 5.74) is 1.66. The standard InChI is InChI=1S/C13H12Br2N2O.Ru/c1-2-18-13(11-9(14)5-3-7-16-11)12-10(15)6-4-8-17-12;/h3-8,13H,2H2,1H3;/q;+2. The summed E-state index contributed by atoms with van der Waals surface area (Å²) in [6.07, 6.45) is 3.23. The summed E-state index contributed by atoms with van der Waals surface area (Å²) in [6.45, 7) is 2.55. The molecule has 0 bridgehead atoms. The topological polar surface area (TPSA) is 35.0 Å². The van der Waals surface area contributed by atoms with Gasteiger partial charge in [-0.25, -0.2) is 0 Å². The smallest absolute Gasteiger partial charge is 0.366 e. The minimum atomic E-state index is -0.277. The second-order valence-corrected chi connectivity index (χ2v) is 5.28. The van der Waals surface area contributed by atoms with Crippen molar-refractivity contribution < 1.29 is 24.2 Å². The van der Waals surface area contributed by atoms with Gasteiger partial charge in [0.1, 0.15) is 6.10 Å². The van der Waals surface area contributed by atoms with Gasteiger partial charge in [-0.3, -0.25) is 9.97 Å². The molecule has 3 nitrogen and oxygen atoms in total. The summed E-state index contributed by atoms with van der Waals surface area (Å²) in [7, 11) is 0. The van der Waals surface area contributed by atoms with Crippen LogP contribution in [0.4, 0.5) is 0 Å². The fraction of sp³-hybridized carbons (Fsp3) is 0.231. The Kier molecular flexibility index (Phi) is 7.29. The van der Waals surface area contributed by atoms with Gasteiger partial charge in [0.15, 0.2) is 0 Å². The molecule has 2 aromatic rings. The van der Waals surface area contributed by atoms with E-state index in [4.69, 9.17) is 4.74 Å². The SMILES string of the molecule is CCOC(c1ncccc1Br)c1ncccc1Br.[Ru+2]. The maximum absolute atomic E-state index is 5.79. The second-order valence-electron chi connectivity index (χ2n) is 3.58. The van der Waals surface area contributed by atoms with Gasteiger partial charge in [0.2, 0.25) is 0 Å². The minimum Gasteiger partial charge on any atom is -0.366 e. The van der Waals surface area contributed by atoms with Crippen molar-refractivity contribution in [1.29, 1.82) is 0 Å². The monoisotopic (exact) mass is 472 g/mol. The second kappa shape index (κ2) is 8.20.